The molecule has 0 saturated carbocycles. The van der Waals surface area contributed by atoms with Gasteiger partial charge in [-0.25, -0.2) is 14.6 Å². The fourth-order valence-electron chi connectivity index (χ4n) is 1.37. The van der Waals surface area contributed by atoms with Crippen LogP contribution in [0.25, 0.3) is 0 Å². The van der Waals surface area contributed by atoms with E-state index in [0.29, 0.717) is 6.42 Å². The van der Waals surface area contributed by atoms with Crippen LogP contribution in [0.1, 0.15) is 13.3 Å². The number of amides is 1. The second-order valence-corrected chi connectivity index (χ2v) is 3.58. The maximum absolute atomic E-state index is 11.6. The molecular formula is C11H15N3O4. The molecule has 1 unspecified atom stereocenters. The number of aromatic nitrogens is 2. The van der Waals surface area contributed by atoms with Gasteiger partial charge in [0.1, 0.15) is 12.6 Å². The summed E-state index contributed by atoms with van der Waals surface area (Å²) in [4.78, 5) is 37.7. The van der Waals surface area contributed by atoms with Gasteiger partial charge >= 0.3 is 11.7 Å². The fraction of sp³-hybridized carbons (Fsp3) is 0.455. The van der Waals surface area contributed by atoms with Gasteiger partial charge in [-0.2, -0.15) is 0 Å². The van der Waals surface area contributed by atoms with Gasteiger partial charge in [-0.15, -0.1) is 0 Å². The van der Waals surface area contributed by atoms with Crippen molar-refractivity contribution >= 4 is 11.9 Å². The van der Waals surface area contributed by atoms with E-state index in [-0.39, 0.29) is 6.54 Å². The SMILES string of the molecule is CCC(NC(=O)Cn1cccnc1=O)C(=O)OC. The molecule has 0 spiro atoms. The van der Waals surface area contributed by atoms with Crippen molar-refractivity contribution in [1.29, 1.82) is 0 Å². The summed E-state index contributed by atoms with van der Waals surface area (Å²) < 4.78 is 5.70. The van der Waals surface area contributed by atoms with Crippen molar-refractivity contribution < 1.29 is 14.3 Å². The average Bonchev–Trinajstić information content (AvgIpc) is 2.37. The van der Waals surface area contributed by atoms with Gasteiger partial charge in [0, 0.05) is 12.4 Å². The van der Waals surface area contributed by atoms with Crippen LogP contribution in [-0.4, -0.2) is 34.6 Å². The Bertz CT molecular complexity index is 483. The van der Waals surface area contributed by atoms with E-state index in [9.17, 15) is 14.4 Å². The van der Waals surface area contributed by atoms with Gasteiger partial charge < -0.3 is 10.1 Å². The Kier molecular flexibility index (Phi) is 5.04. The van der Waals surface area contributed by atoms with Gasteiger partial charge in [0.15, 0.2) is 0 Å². The zero-order valence-corrected chi connectivity index (χ0v) is 10.3. The maximum Gasteiger partial charge on any atom is 0.347 e. The first kappa shape index (κ1) is 13.9. The predicted molar refractivity (Wildman–Crippen MR) is 62.7 cm³/mol. The topological polar surface area (TPSA) is 90.3 Å². The minimum atomic E-state index is -0.699. The van der Waals surface area contributed by atoms with Crippen molar-refractivity contribution in [2.75, 3.05) is 7.11 Å². The van der Waals surface area contributed by atoms with E-state index >= 15 is 0 Å². The molecule has 0 aromatic carbocycles. The molecule has 1 amide bonds. The first-order valence-corrected chi connectivity index (χ1v) is 5.47. The van der Waals surface area contributed by atoms with Crippen LogP contribution >= 0.6 is 0 Å². The highest BCUT2D eigenvalue weighted by molar-refractivity contribution is 5.84. The number of methoxy groups -OCH3 is 1. The minimum Gasteiger partial charge on any atom is -0.467 e. The monoisotopic (exact) mass is 253 g/mol. The third-order valence-electron chi connectivity index (χ3n) is 2.33. The molecule has 0 aliphatic carbocycles. The van der Waals surface area contributed by atoms with E-state index in [1.54, 1.807) is 13.0 Å². The van der Waals surface area contributed by atoms with Crippen LogP contribution in [0.4, 0.5) is 0 Å². The number of carbonyl (C=O) groups is 2. The Morgan fingerprint density at radius 3 is 2.83 bits per heavy atom. The summed E-state index contributed by atoms with van der Waals surface area (Å²) >= 11 is 0. The Labute approximate surface area is 104 Å². The normalized spacial score (nSPS) is 11.7. The van der Waals surface area contributed by atoms with E-state index in [1.165, 1.54) is 19.5 Å². The number of nitrogens with one attached hydrogen (secondary N) is 1. The third kappa shape index (κ3) is 3.69. The van der Waals surface area contributed by atoms with E-state index in [4.69, 9.17) is 0 Å². The maximum atomic E-state index is 11.6. The smallest absolute Gasteiger partial charge is 0.347 e. The van der Waals surface area contributed by atoms with Gasteiger partial charge in [-0.3, -0.25) is 9.36 Å². The Hall–Kier alpha value is -2.18. The molecule has 1 atom stereocenters. The molecule has 1 N–H and O–H groups in total. The number of hydrogen-bond acceptors (Lipinski definition) is 5. The number of nitrogens with zero attached hydrogens (tertiary/aromatic N) is 2. The molecule has 1 heterocycles. The molecular weight excluding hydrogens is 238 g/mol. The van der Waals surface area contributed by atoms with Gasteiger partial charge in [0.05, 0.1) is 7.11 Å². The number of ether oxygens (including phenoxy) is 1. The minimum absolute atomic E-state index is 0.180. The van der Waals surface area contributed by atoms with Crippen LogP contribution in [0.5, 0.6) is 0 Å². The molecule has 0 radical (unpaired) electrons. The zero-order chi connectivity index (χ0) is 13.5. The van der Waals surface area contributed by atoms with E-state index in [0.717, 1.165) is 4.57 Å². The Morgan fingerprint density at radius 1 is 1.56 bits per heavy atom. The second-order valence-electron chi connectivity index (χ2n) is 3.58. The third-order valence-corrected chi connectivity index (χ3v) is 2.33. The number of hydrogen-bond donors (Lipinski definition) is 1. The van der Waals surface area contributed by atoms with E-state index in [1.807, 2.05) is 0 Å². The first-order valence-electron chi connectivity index (χ1n) is 5.47. The standard InChI is InChI=1S/C11H15N3O4/c1-3-8(10(16)18-2)13-9(15)7-14-6-4-5-12-11(14)17/h4-6,8H,3,7H2,1-2H3,(H,13,15). The second kappa shape index (κ2) is 6.53. The lowest BCUT2D eigenvalue weighted by atomic mass is 10.2. The summed E-state index contributed by atoms with van der Waals surface area (Å²) in [6.07, 6.45) is 3.22. The van der Waals surface area contributed by atoms with Crippen LogP contribution in [0.3, 0.4) is 0 Å². The van der Waals surface area contributed by atoms with Crippen molar-refractivity contribution in [3.63, 3.8) is 0 Å². The molecule has 7 nitrogen and oxygen atoms in total. The predicted octanol–water partition coefficient (Wildman–Crippen LogP) is -0.689. The lowest BCUT2D eigenvalue weighted by molar-refractivity contribution is -0.145. The fourth-order valence-corrected chi connectivity index (χ4v) is 1.37. The molecule has 1 aromatic heterocycles. The van der Waals surface area contributed by atoms with Crippen LogP contribution in [0.2, 0.25) is 0 Å². The average molecular weight is 253 g/mol. The molecule has 0 saturated heterocycles. The summed E-state index contributed by atoms with van der Waals surface area (Å²) in [7, 11) is 1.25. The van der Waals surface area contributed by atoms with Crippen LogP contribution in [-0.2, 0) is 20.9 Å². The highest BCUT2D eigenvalue weighted by Gasteiger charge is 2.19. The summed E-state index contributed by atoms with van der Waals surface area (Å²) in [6.45, 7) is 1.57. The molecule has 18 heavy (non-hydrogen) atoms. The Morgan fingerprint density at radius 2 is 2.28 bits per heavy atom. The number of carbonyl (C=O) groups excluding carboxylic acids is 2. The van der Waals surface area contributed by atoms with Gasteiger partial charge in [0.2, 0.25) is 5.91 Å². The quantitative estimate of drug-likeness (QED) is 0.701. The molecule has 98 valence electrons. The van der Waals surface area contributed by atoms with Gasteiger partial charge in [0.25, 0.3) is 0 Å². The van der Waals surface area contributed by atoms with Crippen molar-refractivity contribution in [3.05, 3.63) is 28.9 Å². The van der Waals surface area contributed by atoms with Crippen molar-refractivity contribution in [3.8, 4) is 0 Å². The lowest BCUT2D eigenvalue weighted by Crippen LogP contribution is -2.43. The zero-order valence-electron chi connectivity index (χ0n) is 10.3. The molecule has 1 rings (SSSR count). The largest absolute Gasteiger partial charge is 0.467 e. The molecule has 0 aliphatic rings. The molecule has 7 heteroatoms. The summed E-state index contributed by atoms with van der Waals surface area (Å²) in [5.41, 5.74) is -0.515. The lowest BCUT2D eigenvalue weighted by Gasteiger charge is -2.14. The highest BCUT2D eigenvalue weighted by atomic mass is 16.5. The van der Waals surface area contributed by atoms with Crippen molar-refractivity contribution in [1.82, 2.24) is 14.9 Å². The van der Waals surface area contributed by atoms with Crippen LogP contribution in [0.15, 0.2) is 23.3 Å². The van der Waals surface area contributed by atoms with E-state index < -0.39 is 23.6 Å². The number of rotatable bonds is 5. The highest BCUT2D eigenvalue weighted by Crippen LogP contribution is 1.94. The summed E-state index contributed by atoms with van der Waals surface area (Å²) in [5.74, 6) is -0.952. The van der Waals surface area contributed by atoms with Crippen LogP contribution < -0.4 is 11.0 Å². The molecule has 0 aliphatic heterocycles. The van der Waals surface area contributed by atoms with Crippen LogP contribution in [0, 0.1) is 0 Å². The van der Waals surface area contributed by atoms with E-state index in [2.05, 4.69) is 15.0 Å². The van der Waals surface area contributed by atoms with Gasteiger partial charge in [-0.1, -0.05) is 6.92 Å². The van der Waals surface area contributed by atoms with Crippen molar-refractivity contribution in [2.24, 2.45) is 0 Å². The first-order chi connectivity index (χ1) is 8.58. The molecule has 1 aromatic rings. The Balaban J connectivity index is 2.64. The number of esters is 1. The van der Waals surface area contributed by atoms with Gasteiger partial charge in [-0.05, 0) is 12.5 Å². The summed E-state index contributed by atoms with van der Waals surface area (Å²) in [6, 6.07) is 0.849. The van der Waals surface area contributed by atoms with Crippen molar-refractivity contribution in [2.45, 2.75) is 25.9 Å². The summed E-state index contributed by atoms with van der Waals surface area (Å²) in [5, 5.41) is 2.49. The molecule has 0 fully saturated rings. The molecule has 0 bridgehead atoms.